The van der Waals surface area contributed by atoms with Crippen LogP contribution in [-0.2, 0) is 10.3 Å². The Labute approximate surface area is 156 Å². The number of halogens is 1. The number of hydrogen-bond donors (Lipinski definition) is 1. The molecule has 6 nitrogen and oxygen atoms in total. The molecule has 1 heterocycles. The number of hydrogen-bond acceptors (Lipinski definition) is 2. The summed E-state index contributed by atoms with van der Waals surface area (Å²) in [4.78, 5) is 31.2. The van der Waals surface area contributed by atoms with Crippen LogP contribution in [0.1, 0.15) is 40.2 Å². The Morgan fingerprint density at radius 3 is 2.44 bits per heavy atom. The minimum atomic E-state index is -1.32. The molecule has 1 aliphatic heterocycles. The van der Waals surface area contributed by atoms with Crippen LogP contribution in [0.15, 0.2) is 33.7 Å². The van der Waals surface area contributed by atoms with Gasteiger partial charge in [0.2, 0.25) is 11.9 Å². The summed E-state index contributed by atoms with van der Waals surface area (Å²) >= 11 is 3.49. The van der Waals surface area contributed by atoms with Crippen molar-refractivity contribution in [2.75, 3.05) is 7.05 Å². The van der Waals surface area contributed by atoms with E-state index in [1.165, 1.54) is 4.90 Å². The fourth-order valence-corrected chi connectivity index (χ4v) is 3.97. The molecular weight excluding hydrogens is 386 g/mol. The van der Waals surface area contributed by atoms with Crippen LogP contribution in [-0.4, -0.2) is 45.5 Å². The van der Waals surface area contributed by atoms with E-state index < -0.39 is 23.1 Å². The Hall–Kier alpha value is -1.89. The van der Waals surface area contributed by atoms with Crippen molar-refractivity contribution in [2.24, 2.45) is 10.9 Å². The zero-order chi connectivity index (χ0) is 19.2. The van der Waals surface area contributed by atoms with Crippen molar-refractivity contribution < 1.29 is 14.7 Å². The number of aliphatic imine (C=N–C) groups is 1. The zero-order valence-electron chi connectivity index (χ0n) is 15.4. The van der Waals surface area contributed by atoms with Crippen LogP contribution in [0.4, 0.5) is 4.79 Å². The molecule has 1 saturated heterocycles. The minimum absolute atomic E-state index is 0.144. The first-order valence-corrected chi connectivity index (χ1v) is 8.85. The normalized spacial score (nSPS) is 26.3. The lowest BCUT2D eigenvalue weighted by Crippen LogP contribution is -2.69. The highest BCUT2D eigenvalue weighted by Gasteiger charge is 2.54. The van der Waals surface area contributed by atoms with Crippen LogP contribution < -0.4 is 0 Å². The van der Waals surface area contributed by atoms with Gasteiger partial charge in [-0.3, -0.25) is 9.69 Å². The Balaban J connectivity index is 2.81. The summed E-state index contributed by atoms with van der Waals surface area (Å²) in [5.41, 5.74) is -0.294. The van der Waals surface area contributed by atoms with Crippen LogP contribution in [0.25, 0.3) is 0 Å². The highest BCUT2D eigenvalue weighted by Crippen LogP contribution is 2.45. The van der Waals surface area contributed by atoms with Crippen molar-refractivity contribution in [3.8, 4) is 0 Å². The van der Waals surface area contributed by atoms with E-state index in [-0.39, 0.29) is 11.9 Å². The van der Waals surface area contributed by atoms with E-state index in [4.69, 9.17) is 0 Å². The molecule has 1 N–H and O–H groups in total. The van der Waals surface area contributed by atoms with E-state index in [0.717, 1.165) is 10.0 Å². The maximum Gasteiger partial charge on any atom is 0.434 e. The molecule has 136 valence electrons. The molecule has 1 aliphatic rings. The van der Waals surface area contributed by atoms with Crippen LogP contribution in [0.5, 0.6) is 0 Å². The second kappa shape index (κ2) is 6.44. The Morgan fingerprint density at radius 1 is 1.36 bits per heavy atom. The number of nitrogens with zero attached hydrogens (tertiary/aromatic N) is 3. The van der Waals surface area contributed by atoms with Gasteiger partial charge in [0.25, 0.3) is 0 Å². The van der Waals surface area contributed by atoms with Crippen LogP contribution in [0.2, 0.25) is 0 Å². The summed E-state index contributed by atoms with van der Waals surface area (Å²) in [5, 5.41) is 9.24. The molecule has 0 radical (unpaired) electrons. The molecule has 1 aromatic rings. The first-order chi connectivity index (χ1) is 11.4. The predicted molar refractivity (Wildman–Crippen MR) is 100 cm³/mol. The average Bonchev–Trinajstić information content (AvgIpc) is 2.49. The van der Waals surface area contributed by atoms with Gasteiger partial charge in [-0.25, -0.2) is 4.79 Å². The molecule has 0 bridgehead atoms. The fraction of sp³-hybridized carbons (Fsp3) is 0.500. The Morgan fingerprint density at radius 2 is 1.96 bits per heavy atom. The summed E-state index contributed by atoms with van der Waals surface area (Å²) in [6.45, 7) is 9.79. The number of benzene rings is 1. The van der Waals surface area contributed by atoms with Gasteiger partial charge in [-0.2, -0.15) is 0 Å². The fourth-order valence-electron chi connectivity index (χ4n) is 3.57. The molecular formula is C18H24BrN3O3. The van der Waals surface area contributed by atoms with Crippen molar-refractivity contribution >= 4 is 33.9 Å². The Kier molecular flexibility index (Phi) is 5.01. The van der Waals surface area contributed by atoms with Gasteiger partial charge in [0.1, 0.15) is 0 Å². The lowest BCUT2D eigenvalue weighted by atomic mass is 9.74. The highest BCUT2D eigenvalue weighted by molar-refractivity contribution is 9.10. The van der Waals surface area contributed by atoms with Crippen molar-refractivity contribution in [3.05, 3.63) is 34.3 Å². The van der Waals surface area contributed by atoms with Crippen LogP contribution in [0.3, 0.4) is 0 Å². The molecule has 0 unspecified atom stereocenters. The van der Waals surface area contributed by atoms with Gasteiger partial charge < -0.3 is 10.0 Å². The van der Waals surface area contributed by atoms with Gasteiger partial charge in [-0.05, 0) is 45.4 Å². The van der Waals surface area contributed by atoms with E-state index in [1.807, 2.05) is 63.8 Å². The van der Waals surface area contributed by atoms with Gasteiger partial charge in [0, 0.05) is 17.1 Å². The van der Waals surface area contributed by atoms with Crippen molar-refractivity contribution in [2.45, 2.75) is 45.7 Å². The number of amides is 2. The smallest absolute Gasteiger partial charge is 0.434 e. The standard InChI is InChI=1S/C18H24BrN3O3/c1-11-14(23)21(6)15(20-16(24)25)22(17(2,3)4)18(11,5)12-8-7-9-13(19)10-12/h7-11H,1-6H3,(H,24,25)/t11-,18-/m0/s1. The third kappa shape index (κ3) is 3.29. The topological polar surface area (TPSA) is 73.2 Å². The van der Waals surface area contributed by atoms with Gasteiger partial charge in [-0.15, -0.1) is 4.99 Å². The largest absolute Gasteiger partial charge is 0.463 e. The highest BCUT2D eigenvalue weighted by atomic mass is 79.9. The van der Waals surface area contributed by atoms with Gasteiger partial charge >= 0.3 is 6.09 Å². The zero-order valence-corrected chi connectivity index (χ0v) is 17.0. The third-order valence-electron chi connectivity index (χ3n) is 4.78. The summed E-state index contributed by atoms with van der Waals surface area (Å²) in [5.74, 6) is -0.410. The molecule has 7 heteroatoms. The number of carboxylic acid groups (broad SMARTS) is 1. The van der Waals surface area contributed by atoms with E-state index in [9.17, 15) is 14.7 Å². The van der Waals surface area contributed by atoms with E-state index >= 15 is 0 Å². The number of guanidine groups is 1. The van der Waals surface area contributed by atoms with Crippen LogP contribution in [0, 0.1) is 5.92 Å². The van der Waals surface area contributed by atoms with Crippen LogP contribution >= 0.6 is 15.9 Å². The van der Waals surface area contributed by atoms with Crippen molar-refractivity contribution in [3.63, 3.8) is 0 Å². The van der Waals surface area contributed by atoms with Gasteiger partial charge in [0.05, 0.1) is 11.5 Å². The molecule has 2 rings (SSSR count). The SMILES string of the molecule is C[C@H]1C(=O)N(C)C(=NC(=O)O)N(C(C)(C)C)[C@]1(C)c1cccc(Br)c1. The lowest BCUT2D eigenvalue weighted by Gasteiger charge is -2.57. The summed E-state index contributed by atoms with van der Waals surface area (Å²) in [6.07, 6.45) is -1.32. The quantitative estimate of drug-likeness (QED) is 0.762. The summed E-state index contributed by atoms with van der Waals surface area (Å²) in [6, 6.07) is 7.75. The first kappa shape index (κ1) is 19.4. The molecule has 0 saturated carbocycles. The molecule has 2 atom stereocenters. The summed E-state index contributed by atoms with van der Waals surface area (Å²) in [7, 11) is 1.57. The minimum Gasteiger partial charge on any atom is -0.463 e. The monoisotopic (exact) mass is 409 g/mol. The van der Waals surface area contributed by atoms with E-state index in [0.29, 0.717) is 0 Å². The summed E-state index contributed by atoms with van der Waals surface area (Å²) < 4.78 is 0.899. The molecule has 2 amide bonds. The maximum atomic E-state index is 12.9. The number of carbonyl (C=O) groups is 2. The molecule has 0 aliphatic carbocycles. The number of rotatable bonds is 1. The maximum absolute atomic E-state index is 12.9. The predicted octanol–water partition coefficient (Wildman–Crippen LogP) is 3.91. The van der Waals surface area contributed by atoms with E-state index in [1.54, 1.807) is 7.05 Å². The molecule has 0 aromatic heterocycles. The molecule has 0 spiro atoms. The van der Waals surface area contributed by atoms with Crippen molar-refractivity contribution in [1.29, 1.82) is 0 Å². The lowest BCUT2D eigenvalue weighted by molar-refractivity contribution is -0.141. The second-order valence-electron chi connectivity index (χ2n) is 7.48. The van der Waals surface area contributed by atoms with E-state index in [2.05, 4.69) is 20.9 Å². The number of carbonyl (C=O) groups excluding carboxylic acids is 1. The average molecular weight is 410 g/mol. The van der Waals surface area contributed by atoms with Crippen molar-refractivity contribution in [1.82, 2.24) is 9.80 Å². The molecule has 1 aromatic carbocycles. The first-order valence-electron chi connectivity index (χ1n) is 8.06. The molecule has 25 heavy (non-hydrogen) atoms. The Bertz CT molecular complexity index is 741. The molecule has 1 fully saturated rings. The van der Waals surface area contributed by atoms with Gasteiger partial charge in [-0.1, -0.05) is 35.0 Å². The second-order valence-corrected chi connectivity index (χ2v) is 8.39. The third-order valence-corrected chi connectivity index (χ3v) is 5.28. The van der Waals surface area contributed by atoms with Gasteiger partial charge in [0.15, 0.2) is 0 Å².